The monoisotopic (exact) mass is 562 g/mol. The number of methoxy groups -OCH3 is 1. The summed E-state index contributed by atoms with van der Waals surface area (Å²) in [6.45, 7) is 1.78. The summed E-state index contributed by atoms with van der Waals surface area (Å²) in [7, 11) is -2.08. The Morgan fingerprint density at radius 3 is 2.25 bits per heavy atom. The molecule has 11 nitrogen and oxygen atoms in total. The van der Waals surface area contributed by atoms with Gasteiger partial charge in [-0.3, -0.25) is 10.1 Å². The fourth-order valence-electron chi connectivity index (χ4n) is 4.68. The highest BCUT2D eigenvalue weighted by Gasteiger charge is 2.27. The molecule has 1 saturated heterocycles. The normalized spacial score (nSPS) is 14.3. The molecule has 1 aliphatic heterocycles. The molecule has 0 aliphatic carbocycles. The molecule has 0 bridgehead atoms. The van der Waals surface area contributed by atoms with Crippen molar-refractivity contribution in [3.63, 3.8) is 0 Å². The molecule has 0 saturated carbocycles. The fraction of sp³-hybridized carbons (Fsp3) is 0.250. The first kappa shape index (κ1) is 27.3. The number of benzene rings is 3. The van der Waals surface area contributed by atoms with E-state index in [9.17, 15) is 18.5 Å². The predicted octanol–water partition coefficient (Wildman–Crippen LogP) is 3.86. The highest BCUT2D eigenvalue weighted by atomic mass is 32.2. The second-order valence-corrected chi connectivity index (χ2v) is 11.1. The van der Waals surface area contributed by atoms with Crippen molar-refractivity contribution in [3.05, 3.63) is 94.7 Å². The average Bonchev–Trinajstić information content (AvgIpc) is 3.42. The van der Waals surface area contributed by atoms with E-state index in [1.807, 2.05) is 59.5 Å². The molecule has 2 heterocycles. The average molecular weight is 563 g/mol. The van der Waals surface area contributed by atoms with Crippen molar-refractivity contribution in [2.75, 3.05) is 44.7 Å². The lowest BCUT2D eigenvalue weighted by molar-refractivity contribution is -0.384. The minimum absolute atomic E-state index is 0.0251. The van der Waals surface area contributed by atoms with E-state index in [1.54, 1.807) is 19.2 Å². The maximum atomic E-state index is 13.1. The maximum Gasteiger partial charge on any atom is 0.279 e. The topological polar surface area (TPSA) is 134 Å². The number of anilines is 1. The summed E-state index contributed by atoms with van der Waals surface area (Å²) in [5.74, 6) is 1.46. The summed E-state index contributed by atoms with van der Waals surface area (Å²) in [4.78, 5) is 20.7. The Kier molecular flexibility index (Phi) is 8.10. The summed E-state index contributed by atoms with van der Waals surface area (Å²) >= 11 is 0. The second kappa shape index (κ2) is 11.9. The van der Waals surface area contributed by atoms with Gasteiger partial charge in [-0.1, -0.05) is 30.3 Å². The molecule has 40 heavy (non-hydrogen) atoms. The molecule has 1 fully saturated rings. The smallest absolute Gasteiger partial charge is 0.279 e. The van der Waals surface area contributed by atoms with Crippen molar-refractivity contribution >= 4 is 21.6 Å². The quantitative estimate of drug-likeness (QED) is 0.221. The van der Waals surface area contributed by atoms with Crippen LogP contribution in [0.2, 0.25) is 0 Å². The summed E-state index contributed by atoms with van der Waals surface area (Å²) in [5.41, 5.74) is 4.31. The van der Waals surface area contributed by atoms with Crippen LogP contribution in [0, 0.1) is 10.1 Å². The van der Waals surface area contributed by atoms with Gasteiger partial charge in [0.1, 0.15) is 11.6 Å². The molecule has 208 valence electrons. The van der Waals surface area contributed by atoms with Crippen LogP contribution >= 0.6 is 0 Å². The number of hydrogen-bond acceptors (Lipinski definition) is 7. The summed E-state index contributed by atoms with van der Waals surface area (Å²) in [6.07, 6.45) is 0.396. The summed E-state index contributed by atoms with van der Waals surface area (Å²) in [6, 6.07) is 23.7. The van der Waals surface area contributed by atoms with Crippen LogP contribution in [-0.2, 0) is 16.6 Å². The van der Waals surface area contributed by atoms with Crippen LogP contribution in [0.3, 0.4) is 0 Å². The van der Waals surface area contributed by atoms with Crippen LogP contribution in [0.4, 0.5) is 11.4 Å². The zero-order valence-corrected chi connectivity index (χ0v) is 22.8. The van der Waals surface area contributed by atoms with E-state index in [-0.39, 0.29) is 12.2 Å². The second-order valence-electron chi connectivity index (χ2n) is 9.31. The molecular weight excluding hydrogens is 532 g/mol. The number of piperazine rings is 1. The number of ether oxygens (including phenoxy) is 1. The van der Waals surface area contributed by atoms with Crippen LogP contribution in [0.15, 0.2) is 78.9 Å². The number of rotatable bonds is 10. The highest BCUT2D eigenvalue weighted by molar-refractivity contribution is 7.87. The van der Waals surface area contributed by atoms with Gasteiger partial charge in [0.2, 0.25) is 0 Å². The van der Waals surface area contributed by atoms with E-state index in [0.29, 0.717) is 38.4 Å². The van der Waals surface area contributed by atoms with Gasteiger partial charge in [0.25, 0.3) is 15.9 Å². The Balaban J connectivity index is 1.24. The molecule has 12 heteroatoms. The third kappa shape index (κ3) is 6.14. The van der Waals surface area contributed by atoms with Gasteiger partial charge in [0, 0.05) is 68.1 Å². The first-order valence-corrected chi connectivity index (χ1v) is 14.3. The fourth-order valence-corrected chi connectivity index (χ4v) is 5.87. The van der Waals surface area contributed by atoms with Gasteiger partial charge in [-0.15, -0.1) is 0 Å². The van der Waals surface area contributed by atoms with E-state index < -0.39 is 15.1 Å². The van der Waals surface area contributed by atoms with Gasteiger partial charge < -0.3 is 14.6 Å². The Labute approximate surface area is 232 Å². The Hall–Kier alpha value is -4.26. The number of non-ortho nitro benzene ring substituents is 1. The molecule has 0 spiro atoms. The number of nitrogens with one attached hydrogen (secondary N) is 2. The number of nitro benzene ring substituents is 1. The minimum Gasteiger partial charge on any atom is -0.497 e. The SMILES string of the molecule is COc1ccc(-c2[nH]c(-c3ccccc3)nc2CCNS(=O)(=O)N2CCN(c3ccc([N+](=O)[O-])cc3)CC2)cc1. The first-order valence-electron chi connectivity index (χ1n) is 12.9. The zero-order chi connectivity index (χ0) is 28.1. The maximum absolute atomic E-state index is 13.1. The van der Waals surface area contributed by atoms with Crippen molar-refractivity contribution < 1.29 is 18.1 Å². The zero-order valence-electron chi connectivity index (χ0n) is 22.0. The summed E-state index contributed by atoms with van der Waals surface area (Å²) in [5, 5.41) is 10.9. The largest absolute Gasteiger partial charge is 0.497 e. The predicted molar refractivity (Wildman–Crippen MR) is 154 cm³/mol. The molecule has 0 unspecified atom stereocenters. The van der Waals surface area contributed by atoms with E-state index in [1.165, 1.54) is 16.4 Å². The molecule has 5 rings (SSSR count). The Morgan fingerprint density at radius 2 is 1.62 bits per heavy atom. The van der Waals surface area contributed by atoms with Gasteiger partial charge in [-0.25, -0.2) is 9.71 Å². The van der Waals surface area contributed by atoms with Crippen molar-refractivity contribution in [2.45, 2.75) is 6.42 Å². The third-order valence-electron chi connectivity index (χ3n) is 6.86. The lowest BCUT2D eigenvalue weighted by Crippen LogP contribution is -2.52. The van der Waals surface area contributed by atoms with Gasteiger partial charge in [-0.05, 0) is 36.4 Å². The van der Waals surface area contributed by atoms with Gasteiger partial charge in [0.15, 0.2) is 0 Å². The van der Waals surface area contributed by atoms with Crippen LogP contribution in [0.25, 0.3) is 22.6 Å². The molecular formula is C28H30N6O5S. The molecule has 0 radical (unpaired) electrons. The number of imidazole rings is 1. The lowest BCUT2D eigenvalue weighted by Gasteiger charge is -2.35. The summed E-state index contributed by atoms with van der Waals surface area (Å²) < 4.78 is 35.6. The number of aromatic amines is 1. The van der Waals surface area contributed by atoms with Gasteiger partial charge in [-0.2, -0.15) is 12.7 Å². The number of nitro groups is 1. The first-order chi connectivity index (χ1) is 19.3. The Morgan fingerprint density at radius 1 is 0.950 bits per heavy atom. The van der Waals surface area contributed by atoms with Crippen molar-refractivity contribution in [3.8, 4) is 28.4 Å². The van der Waals surface area contributed by atoms with Gasteiger partial charge >= 0.3 is 0 Å². The lowest BCUT2D eigenvalue weighted by atomic mass is 10.1. The molecule has 3 aromatic carbocycles. The van der Waals surface area contributed by atoms with E-state index >= 15 is 0 Å². The Bertz CT molecular complexity index is 1550. The molecule has 0 amide bonds. The number of hydrogen-bond donors (Lipinski definition) is 2. The number of aromatic nitrogens is 2. The standard InChI is InChI=1S/C28H30N6O5S/c1-39-25-13-7-21(8-14-25)27-26(30-28(31-27)22-5-3-2-4-6-22)15-16-29-40(37,38)33-19-17-32(18-20-33)23-9-11-24(12-10-23)34(35)36/h2-14,29H,15-20H2,1H3,(H,30,31). The van der Waals surface area contributed by atoms with Crippen molar-refractivity contribution in [2.24, 2.45) is 0 Å². The van der Waals surface area contributed by atoms with Gasteiger partial charge in [0.05, 0.1) is 23.4 Å². The molecule has 4 aromatic rings. The van der Waals surface area contributed by atoms with Crippen LogP contribution in [-0.4, -0.2) is 67.4 Å². The van der Waals surface area contributed by atoms with E-state index in [2.05, 4.69) is 9.71 Å². The van der Waals surface area contributed by atoms with E-state index in [0.717, 1.165) is 34.0 Å². The molecule has 2 N–H and O–H groups in total. The highest BCUT2D eigenvalue weighted by Crippen LogP contribution is 2.28. The van der Waals surface area contributed by atoms with Crippen molar-refractivity contribution in [1.29, 1.82) is 0 Å². The number of H-pyrrole nitrogens is 1. The van der Waals surface area contributed by atoms with Crippen LogP contribution < -0.4 is 14.4 Å². The molecule has 1 aromatic heterocycles. The minimum atomic E-state index is -3.70. The molecule has 1 aliphatic rings. The van der Waals surface area contributed by atoms with Crippen LogP contribution in [0.5, 0.6) is 5.75 Å². The number of nitrogens with zero attached hydrogens (tertiary/aromatic N) is 4. The van der Waals surface area contributed by atoms with Crippen LogP contribution in [0.1, 0.15) is 5.69 Å². The molecule has 0 atom stereocenters. The van der Waals surface area contributed by atoms with Crippen molar-refractivity contribution in [1.82, 2.24) is 19.0 Å². The van der Waals surface area contributed by atoms with E-state index in [4.69, 9.17) is 9.72 Å². The third-order valence-corrected chi connectivity index (χ3v) is 8.47.